The number of nitrogens with one attached hydrogen (secondary N) is 3. The minimum atomic E-state index is -1.26. The molecule has 0 fully saturated rings. The van der Waals surface area contributed by atoms with Gasteiger partial charge in [0.2, 0.25) is 5.95 Å². The van der Waals surface area contributed by atoms with E-state index in [4.69, 9.17) is 23.2 Å². The number of carbonyl (C=O) groups is 2. The van der Waals surface area contributed by atoms with E-state index in [-0.39, 0.29) is 35.1 Å². The molecule has 1 aromatic heterocycles. The fraction of sp³-hybridized carbons (Fsp3) is 0.0690. The van der Waals surface area contributed by atoms with E-state index in [2.05, 4.69) is 37.5 Å². The molecule has 5 rings (SSSR count). The van der Waals surface area contributed by atoms with Crippen molar-refractivity contribution in [2.75, 3.05) is 17.7 Å². The zero-order valence-corrected chi connectivity index (χ0v) is 26.7. The molecule has 204 valence electrons. The molecule has 5 aromatic rings. The summed E-state index contributed by atoms with van der Waals surface area (Å²) in [5.74, 6) is -0.887. The minimum absolute atomic E-state index is 0. The van der Waals surface area contributed by atoms with E-state index < -0.39 is 12.1 Å². The number of hydrogen-bond acceptors (Lipinski definition) is 7. The fourth-order valence-electron chi connectivity index (χ4n) is 3.56. The summed E-state index contributed by atoms with van der Waals surface area (Å²) in [6, 6.07) is 26.0. The van der Waals surface area contributed by atoms with E-state index in [9.17, 15) is 14.7 Å². The molecule has 1 heterocycles. The summed E-state index contributed by atoms with van der Waals surface area (Å²) >= 11 is 13.9. The second kappa shape index (κ2) is 15.2. The first-order valence-corrected chi connectivity index (χ1v) is 13.4. The van der Waals surface area contributed by atoms with E-state index in [1.165, 1.54) is 18.1 Å². The summed E-state index contributed by atoms with van der Waals surface area (Å²) < 4.78 is 4.54. The Labute approximate surface area is 273 Å². The fourth-order valence-corrected chi connectivity index (χ4v) is 4.90. The predicted molar refractivity (Wildman–Crippen MR) is 158 cm³/mol. The molecule has 12 heteroatoms. The van der Waals surface area contributed by atoms with Crippen LogP contribution < -0.4 is 45.3 Å². The van der Waals surface area contributed by atoms with Crippen molar-refractivity contribution in [3.8, 4) is 0 Å². The maximum Gasteiger partial charge on any atom is 1.00 e. The number of anilines is 3. The molecule has 0 aliphatic rings. The third-order valence-electron chi connectivity index (χ3n) is 5.53. The van der Waals surface area contributed by atoms with Crippen LogP contribution in [0.25, 0.3) is 11.0 Å². The minimum Gasteiger partial charge on any atom is -0.545 e. The van der Waals surface area contributed by atoms with Crippen LogP contribution in [-0.2, 0) is 4.74 Å². The molecule has 0 bridgehead atoms. The molecule has 0 spiro atoms. The third-order valence-corrected chi connectivity index (χ3v) is 7.33. The molecule has 0 unspecified atom stereocenters. The predicted octanol–water partition coefficient (Wildman–Crippen LogP) is 4.31. The van der Waals surface area contributed by atoms with Gasteiger partial charge in [0.25, 0.3) is 0 Å². The van der Waals surface area contributed by atoms with Gasteiger partial charge in [-0.1, -0.05) is 77.4 Å². The number of aromatic amines is 1. The average Bonchev–Trinajstić information content (AvgIpc) is 3.35. The first kappa shape index (κ1) is 32.3. The summed E-state index contributed by atoms with van der Waals surface area (Å²) in [6.45, 7) is 1.84. The van der Waals surface area contributed by atoms with Crippen LogP contribution >= 0.6 is 35.0 Å². The zero-order chi connectivity index (χ0) is 28.6. The molecule has 4 aromatic carbocycles. The number of ether oxygens (including phenoxy) is 1. The average molecular weight is 617 g/mol. The number of imidazole rings is 1. The topological polar surface area (TPSA) is 119 Å². The van der Waals surface area contributed by atoms with Crippen LogP contribution in [0, 0.1) is 6.92 Å². The molecule has 0 saturated carbocycles. The van der Waals surface area contributed by atoms with Crippen molar-refractivity contribution >= 4 is 75.4 Å². The number of carboxylic acid groups (broad SMARTS) is 1. The Morgan fingerprint density at radius 1 is 0.951 bits per heavy atom. The van der Waals surface area contributed by atoms with Crippen molar-refractivity contribution in [1.82, 2.24) is 9.97 Å². The Bertz CT molecular complexity index is 1670. The first-order valence-electron chi connectivity index (χ1n) is 11.8. The molecule has 8 nitrogen and oxygen atoms in total. The van der Waals surface area contributed by atoms with Gasteiger partial charge in [0.15, 0.2) is 0 Å². The van der Waals surface area contributed by atoms with Gasteiger partial charge in [-0.25, -0.2) is 9.78 Å². The zero-order valence-electron chi connectivity index (χ0n) is 22.3. The number of aromatic nitrogens is 2. The number of aromatic carboxylic acids is 1. The van der Waals surface area contributed by atoms with Crippen molar-refractivity contribution in [1.29, 1.82) is 0 Å². The molecule has 0 aliphatic heterocycles. The van der Waals surface area contributed by atoms with Crippen LogP contribution in [0.1, 0.15) is 15.9 Å². The molecule has 0 aliphatic carbocycles. The number of benzene rings is 4. The second-order valence-corrected chi connectivity index (χ2v) is 10.2. The summed E-state index contributed by atoms with van der Waals surface area (Å²) in [6.07, 6.45) is -0.548. The molecule has 0 atom stereocenters. The number of carbonyl (C=O) groups excluding carboxylic acids is 2. The quantitative estimate of drug-likeness (QED) is 0.243. The number of carboxylic acids is 1. The van der Waals surface area contributed by atoms with Gasteiger partial charge in [-0.3, -0.25) is 5.32 Å². The number of aryl methyl sites for hydroxylation is 1. The summed E-state index contributed by atoms with van der Waals surface area (Å²) in [5, 5.41) is 17.4. The van der Waals surface area contributed by atoms with Crippen molar-refractivity contribution < 1.29 is 49.0 Å². The van der Waals surface area contributed by atoms with Crippen LogP contribution in [0.3, 0.4) is 0 Å². The maximum absolute atomic E-state index is 11.2. The normalized spacial score (nSPS) is 10.1. The largest absolute Gasteiger partial charge is 1.00 e. The van der Waals surface area contributed by atoms with E-state index in [1.807, 2.05) is 43.3 Å². The van der Waals surface area contributed by atoms with E-state index in [0.29, 0.717) is 27.4 Å². The number of halogens is 2. The monoisotopic (exact) mass is 616 g/mol. The summed E-state index contributed by atoms with van der Waals surface area (Å²) in [4.78, 5) is 31.8. The van der Waals surface area contributed by atoms with E-state index in [0.717, 1.165) is 21.5 Å². The van der Waals surface area contributed by atoms with Crippen molar-refractivity contribution in [3.63, 3.8) is 0 Å². The van der Waals surface area contributed by atoms with Gasteiger partial charge in [-0.2, -0.15) is 0 Å². The number of nitrogens with zero attached hydrogens (tertiary/aromatic N) is 1. The van der Waals surface area contributed by atoms with Gasteiger partial charge < -0.3 is 24.9 Å². The number of methoxy groups -OCH3 is 1. The van der Waals surface area contributed by atoms with Crippen molar-refractivity contribution in [2.45, 2.75) is 16.7 Å². The third kappa shape index (κ3) is 8.65. The van der Waals surface area contributed by atoms with Gasteiger partial charge in [0.05, 0.1) is 39.8 Å². The number of fused-ring (bicyclic) bond motifs is 1. The van der Waals surface area contributed by atoms with Crippen LogP contribution in [-0.4, -0.2) is 29.1 Å². The van der Waals surface area contributed by atoms with E-state index in [1.54, 1.807) is 42.1 Å². The molecule has 3 N–H and O–H groups in total. The van der Waals surface area contributed by atoms with Gasteiger partial charge in [-0.15, -0.1) is 0 Å². The Kier molecular flexibility index (Phi) is 12.0. The number of rotatable bonds is 6. The van der Waals surface area contributed by atoms with Crippen LogP contribution in [0.5, 0.6) is 0 Å². The number of hydrogen-bond donors (Lipinski definition) is 3. The molecular formula is C29H23Cl2N4NaO4S. The standard InChI is InChI=1S/C15H13N3O2S.C14H11Cl2NO2.Na/c1-20-15(19)18-14-16-12-8-7-11(9-13(12)17-14)21-10-5-3-2-4-6-10;1-8-6-7-10(15)13(12(8)16)17-11-5-3-2-4-9(11)14(18)19;/h2-9H,1H3,(H2,16,17,18,19);2-7,17H,1H3,(H,18,19);/q;;+1/p-1. The Balaban J connectivity index is 0.000000221. The van der Waals surface area contributed by atoms with Gasteiger partial charge in [0, 0.05) is 21.0 Å². The molecule has 1 amide bonds. The van der Waals surface area contributed by atoms with Crippen molar-refractivity contribution in [3.05, 3.63) is 106 Å². The number of H-pyrrole nitrogens is 1. The Morgan fingerprint density at radius 3 is 2.37 bits per heavy atom. The van der Waals surface area contributed by atoms with Crippen LogP contribution in [0.4, 0.5) is 22.1 Å². The first-order chi connectivity index (χ1) is 19.2. The molecule has 0 saturated heterocycles. The summed E-state index contributed by atoms with van der Waals surface area (Å²) in [7, 11) is 1.31. The SMILES string of the molecule is COC(=O)Nc1nc2ccc(Sc3ccccc3)cc2[nH]1.Cc1ccc(Cl)c(Nc2ccccc2C(=O)[O-])c1Cl.[Na+]. The van der Waals surface area contributed by atoms with Gasteiger partial charge in [0.1, 0.15) is 0 Å². The van der Waals surface area contributed by atoms with E-state index >= 15 is 0 Å². The second-order valence-electron chi connectivity index (χ2n) is 8.31. The molecular weight excluding hydrogens is 594 g/mol. The smallest absolute Gasteiger partial charge is 0.545 e. The summed E-state index contributed by atoms with van der Waals surface area (Å²) in [5.41, 5.74) is 3.42. The Morgan fingerprint density at radius 2 is 1.66 bits per heavy atom. The van der Waals surface area contributed by atoms with Gasteiger partial charge >= 0.3 is 35.7 Å². The Hall–Kier alpha value is -3.18. The van der Waals surface area contributed by atoms with Crippen molar-refractivity contribution in [2.24, 2.45) is 0 Å². The maximum atomic E-state index is 11.2. The number of amides is 1. The number of para-hydroxylation sites is 1. The molecule has 41 heavy (non-hydrogen) atoms. The van der Waals surface area contributed by atoms with Crippen LogP contribution in [0.2, 0.25) is 10.0 Å². The van der Waals surface area contributed by atoms with Gasteiger partial charge in [-0.05, 0) is 55.0 Å². The van der Waals surface area contributed by atoms with Crippen LogP contribution in [0.15, 0.2) is 94.7 Å². The molecule has 0 radical (unpaired) electrons.